The Hall–Kier alpha value is -2.08. The average molecular weight is 359 g/mol. The highest BCUT2D eigenvalue weighted by Gasteiger charge is 2.22. The van der Waals surface area contributed by atoms with E-state index in [9.17, 15) is 0 Å². The fraction of sp³-hybridized carbons (Fsp3) is 0.474. The van der Waals surface area contributed by atoms with Gasteiger partial charge in [0.15, 0.2) is 5.96 Å². The third kappa shape index (κ3) is 4.72. The number of aliphatic imine (C=N–C) groups is 1. The van der Waals surface area contributed by atoms with Crippen molar-refractivity contribution < 1.29 is 4.74 Å². The largest absolute Gasteiger partial charge is 0.490 e. The maximum atomic E-state index is 6.07. The van der Waals surface area contributed by atoms with Crippen molar-refractivity contribution in [2.24, 2.45) is 4.99 Å². The Morgan fingerprint density at radius 2 is 2.00 bits per heavy atom. The minimum atomic E-state index is 0.281. The lowest BCUT2D eigenvalue weighted by atomic mass is 10.1. The number of nitrogens with one attached hydrogen (secondary N) is 1. The van der Waals surface area contributed by atoms with E-state index in [0.717, 1.165) is 54.9 Å². The van der Waals surface area contributed by atoms with Crippen molar-refractivity contribution in [2.45, 2.75) is 39.3 Å². The van der Waals surface area contributed by atoms with E-state index in [2.05, 4.69) is 27.1 Å². The molecule has 0 amide bonds. The third-order valence-electron chi connectivity index (χ3n) is 4.41. The first-order valence-corrected chi connectivity index (χ1v) is 9.57. The second kappa shape index (κ2) is 8.34. The fourth-order valence-corrected chi connectivity index (χ4v) is 3.98. The number of hydrogen-bond donors (Lipinski definition) is 1. The molecule has 0 saturated carbocycles. The smallest absolute Gasteiger partial charge is 0.193 e. The molecule has 134 valence electrons. The van der Waals surface area contributed by atoms with Crippen molar-refractivity contribution >= 4 is 17.3 Å². The van der Waals surface area contributed by atoms with Crippen molar-refractivity contribution in [3.05, 3.63) is 45.9 Å². The molecule has 3 rings (SSSR count). The number of piperidine rings is 1. The van der Waals surface area contributed by atoms with Gasteiger partial charge in [-0.05, 0) is 26.0 Å². The third-order valence-corrected chi connectivity index (χ3v) is 5.48. The van der Waals surface area contributed by atoms with Crippen LogP contribution in [0.2, 0.25) is 0 Å². The van der Waals surface area contributed by atoms with Crippen molar-refractivity contribution in [2.75, 3.05) is 20.1 Å². The molecule has 0 atom stereocenters. The first-order chi connectivity index (χ1) is 12.2. The molecule has 0 radical (unpaired) electrons. The van der Waals surface area contributed by atoms with Crippen LogP contribution >= 0.6 is 11.3 Å². The number of nitrogens with zero attached hydrogens (tertiary/aromatic N) is 3. The van der Waals surface area contributed by atoms with Gasteiger partial charge in [0.1, 0.15) is 11.9 Å². The summed E-state index contributed by atoms with van der Waals surface area (Å²) < 4.78 is 6.07. The van der Waals surface area contributed by atoms with E-state index < -0.39 is 0 Å². The van der Waals surface area contributed by atoms with E-state index in [0.29, 0.717) is 0 Å². The predicted molar refractivity (Wildman–Crippen MR) is 103 cm³/mol. The molecule has 6 heteroatoms. The van der Waals surface area contributed by atoms with Gasteiger partial charge in [-0.25, -0.2) is 4.98 Å². The highest BCUT2D eigenvalue weighted by Crippen LogP contribution is 2.19. The number of thiazole rings is 1. The van der Waals surface area contributed by atoms with Gasteiger partial charge in [-0.15, -0.1) is 11.3 Å². The van der Waals surface area contributed by atoms with Crippen molar-refractivity contribution in [3.63, 3.8) is 0 Å². The molecule has 0 bridgehead atoms. The molecule has 2 heterocycles. The SMILES string of the molecule is CN=C(NCc1sc(C)nc1C)N1CCC(Oc2ccccc2)CC1. The minimum absolute atomic E-state index is 0.281. The number of benzene rings is 1. The summed E-state index contributed by atoms with van der Waals surface area (Å²) in [5.74, 6) is 1.92. The van der Waals surface area contributed by atoms with Gasteiger partial charge in [-0.2, -0.15) is 0 Å². The maximum absolute atomic E-state index is 6.07. The van der Waals surface area contributed by atoms with Gasteiger partial charge >= 0.3 is 0 Å². The molecule has 2 aromatic rings. The summed E-state index contributed by atoms with van der Waals surface area (Å²) in [6.45, 7) is 6.81. The number of para-hydroxylation sites is 1. The second-order valence-corrected chi connectivity index (χ2v) is 7.55. The van der Waals surface area contributed by atoms with Gasteiger partial charge in [0.05, 0.1) is 17.2 Å². The van der Waals surface area contributed by atoms with Gasteiger partial charge in [0.2, 0.25) is 0 Å². The van der Waals surface area contributed by atoms with Gasteiger partial charge in [0, 0.05) is 37.9 Å². The zero-order chi connectivity index (χ0) is 17.6. The topological polar surface area (TPSA) is 49.8 Å². The quantitative estimate of drug-likeness (QED) is 0.672. The van der Waals surface area contributed by atoms with Crippen LogP contribution in [0.25, 0.3) is 0 Å². The normalized spacial score (nSPS) is 16.1. The maximum Gasteiger partial charge on any atom is 0.193 e. The van der Waals surface area contributed by atoms with E-state index in [1.54, 1.807) is 11.3 Å². The van der Waals surface area contributed by atoms with Crippen molar-refractivity contribution in [3.8, 4) is 5.75 Å². The van der Waals surface area contributed by atoms with E-state index >= 15 is 0 Å². The molecule has 1 fully saturated rings. The van der Waals surface area contributed by atoms with E-state index in [-0.39, 0.29) is 6.10 Å². The molecule has 0 spiro atoms. The van der Waals surface area contributed by atoms with Crippen LogP contribution in [0.3, 0.4) is 0 Å². The number of rotatable bonds is 4. The minimum Gasteiger partial charge on any atom is -0.490 e. The van der Waals surface area contributed by atoms with Gasteiger partial charge in [0.25, 0.3) is 0 Å². The van der Waals surface area contributed by atoms with Crippen LogP contribution < -0.4 is 10.1 Å². The highest BCUT2D eigenvalue weighted by molar-refractivity contribution is 7.11. The molecule has 1 aliphatic heterocycles. The Balaban J connectivity index is 1.49. The molecule has 5 nitrogen and oxygen atoms in total. The lowest BCUT2D eigenvalue weighted by Gasteiger charge is -2.34. The Kier molecular flexibility index (Phi) is 5.91. The molecule has 0 unspecified atom stereocenters. The van der Waals surface area contributed by atoms with Gasteiger partial charge in [-0.3, -0.25) is 4.99 Å². The van der Waals surface area contributed by atoms with E-state index in [4.69, 9.17) is 4.74 Å². The lowest BCUT2D eigenvalue weighted by molar-refractivity contribution is 0.129. The Morgan fingerprint density at radius 1 is 1.28 bits per heavy atom. The lowest BCUT2D eigenvalue weighted by Crippen LogP contribution is -2.47. The molecule has 1 aliphatic rings. The Morgan fingerprint density at radius 3 is 2.60 bits per heavy atom. The molecule has 1 saturated heterocycles. The van der Waals surface area contributed by atoms with Crippen LogP contribution in [0.5, 0.6) is 5.75 Å². The van der Waals surface area contributed by atoms with Crippen LogP contribution in [0.4, 0.5) is 0 Å². The van der Waals surface area contributed by atoms with Crippen LogP contribution in [0.15, 0.2) is 35.3 Å². The summed E-state index contributed by atoms with van der Waals surface area (Å²) in [5, 5.41) is 4.59. The summed E-state index contributed by atoms with van der Waals surface area (Å²) in [4.78, 5) is 12.5. The fourth-order valence-electron chi connectivity index (χ4n) is 3.11. The van der Waals surface area contributed by atoms with Crippen LogP contribution in [-0.2, 0) is 6.54 Å². The van der Waals surface area contributed by atoms with Crippen LogP contribution in [-0.4, -0.2) is 42.1 Å². The van der Waals surface area contributed by atoms with Crippen molar-refractivity contribution in [1.82, 2.24) is 15.2 Å². The van der Waals surface area contributed by atoms with Crippen molar-refractivity contribution in [1.29, 1.82) is 0 Å². The highest BCUT2D eigenvalue weighted by atomic mass is 32.1. The second-order valence-electron chi connectivity index (χ2n) is 6.26. The molecular weight excluding hydrogens is 332 g/mol. The van der Waals surface area contributed by atoms with Crippen LogP contribution in [0.1, 0.15) is 28.4 Å². The number of hydrogen-bond acceptors (Lipinski definition) is 4. The standard InChI is InChI=1S/C19H26N4OS/c1-14-18(25-15(2)22-14)13-21-19(20-3)23-11-9-17(10-12-23)24-16-7-5-4-6-8-16/h4-8,17H,9-13H2,1-3H3,(H,20,21). The zero-order valence-corrected chi connectivity index (χ0v) is 16.0. The summed E-state index contributed by atoms with van der Waals surface area (Å²) >= 11 is 1.75. The number of guanidine groups is 1. The molecule has 1 aromatic heterocycles. The Labute approximate surface area is 153 Å². The molecule has 25 heavy (non-hydrogen) atoms. The molecular formula is C19H26N4OS. The summed E-state index contributed by atoms with van der Waals surface area (Å²) in [6, 6.07) is 10.1. The number of ether oxygens (including phenoxy) is 1. The summed E-state index contributed by atoms with van der Waals surface area (Å²) in [7, 11) is 1.85. The molecule has 0 aliphatic carbocycles. The first-order valence-electron chi connectivity index (χ1n) is 8.76. The van der Waals surface area contributed by atoms with Gasteiger partial charge < -0.3 is 15.0 Å². The van der Waals surface area contributed by atoms with Gasteiger partial charge in [-0.1, -0.05) is 18.2 Å². The number of aryl methyl sites for hydroxylation is 2. The van der Waals surface area contributed by atoms with E-state index in [1.807, 2.05) is 44.3 Å². The van der Waals surface area contributed by atoms with E-state index in [1.165, 1.54) is 4.88 Å². The predicted octanol–water partition coefficient (Wildman–Crippen LogP) is 3.38. The number of aromatic nitrogens is 1. The summed E-state index contributed by atoms with van der Waals surface area (Å²) in [6.07, 6.45) is 2.30. The van der Waals surface area contributed by atoms with Crippen LogP contribution in [0, 0.1) is 13.8 Å². The monoisotopic (exact) mass is 358 g/mol. The molecule has 1 aromatic carbocycles. The average Bonchev–Trinajstić information content (AvgIpc) is 2.95. The zero-order valence-electron chi connectivity index (χ0n) is 15.2. The first kappa shape index (κ1) is 17.7. The Bertz CT molecular complexity index is 705. The molecule has 1 N–H and O–H groups in total. The number of likely N-dealkylation sites (tertiary alicyclic amines) is 1. The summed E-state index contributed by atoms with van der Waals surface area (Å²) in [5.41, 5.74) is 1.11.